The van der Waals surface area contributed by atoms with Crippen molar-refractivity contribution in [3.05, 3.63) is 62.1 Å². The summed E-state index contributed by atoms with van der Waals surface area (Å²) in [5.74, 6) is 1.84. The van der Waals surface area contributed by atoms with Gasteiger partial charge >= 0.3 is 0 Å². The molecule has 2 heterocycles. The van der Waals surface area contributed by atoms with Crippen LogP contribution < -0.4 is 14.4 Å². The fourth-order valence-electron chi connectivity index (χ4n) is 5.79. The van der Waals surface area contributed by atoms with Gasteiger partial charge in [-0.05, 0) is 64.2 Å². The van der Waals surface area contributed by atoms with Gasteiger partial charge in [0.25, 0.3) is 5.82 Å². The molecule has 0 amide bonds. The Morgan fingerprint density at radius 1 is 0.833 bits per heavy atom. The predicted molar refractivity (Wildman–Crippen MR) is 174 cm³/mol. The summed E-state index contributed by atoms with van der Waals surface area (Å²) in [6, 6.07) is 7.67. The molecule has 42 heavy (non-hydrogen) atoms. The number of rotatable bonds is 14. The maximum Gasteiger partial charge on any atom is 0.257 e. The van der Waals surface area contributed by atoms with Gasteiger partial charge in [-0.25, -0.2) is 17.6 Å². The molecule has 7 nitrogen and oxygen atoms in total. The molecule has 1 aliphatic heterocycles. The molecule has 0 radical (unpaired) electrons. The van der Waals surface area contributed by atoms with Gasteiger partial charge in [0, 0.05) is 31.0 Å². The Balaban J connectivity index is 1.68. The highest BCUT2D eigenvalue weighted by atomic mass is 35.5. The highest BCUT2D eigenvalue weighted by Gasteiger charge is 2.31. The van der Waals surface area contributed by atoms with E-state index in [1.807, 2.05) is 24.3 Å². The smallest absolute Gasteiger partial charge is 0.257 e. The number of allylic oxidation sites excluding steroid dienone is 1. The van der Waals surface area contributed by atoms with E-state index in [0.717, 1.165) is 73.4 Å². The summed E-state index contributed by atoms with van der Waals surface area (Å²) >= 11 is 25.7. The molecule has 0 saturated carbocycles. The molecule has 0 aliphatic carbocycles. The second-order valence-corrected chi connectivity index (χ2v) is 13.6. The number of aryl methyl sites for hydroxylation is 2. The standard InChI is InChI=1S/C30H38Cl4N4O3S/c1-4-7-8-14-37-27-19-23(33)21(31)17-25(27)35(5-2)29(37)12-11-13-30-36(6-3)26-18-22(32)24(34)20-28(26)38(30)15-9-10-16-42(39,40)41/h13,17-20H,4-12,14-16H2,1-3H3. The Kier molecular flexibility index (Phi) is 11.4. The van der Waals surface area contributed by atoms with Crippen molar-refractivity contribution >= 4 is 78.9 Å². The Bertz CT molecular complexity index is 1570. The minimum absolute atomic E-state index is 0.290. The molecule has 2 aromatic carbocycles. The van der Waals surface area contributed by atoms with Crippen LogP contribution in [-0.2, 0) is 29.6 Å². The van der Waals surface area contributed by atoms with E-state index < -0.39 is 10.1 Å². The average molecular weight is 677 g/mol. The number of hydrogen-bond acceptors (Lipinski definition) is 5. The van der Waals surface area contributed by atoms with Crippen LogP contribution >= 0.6 is 46.4 Å². The maximum absolute atomic E-state index is 11.2. The van der Waals surface area contributed by atoms with Crippen molar-refractivity contribution in [1.29, 1.82) is 0 Å². The lowest BCUT2D eigenvalue weighted by atomic mass is 10.2. The first-order chi connectivity index (χ1) is 20.0. The van der Waals surface area contributed by atoms with E-state index in [4.69, 9.17) is 46.4 Å². The Labute approximate surface area is 269 Å². The summed E-state index contributed by atoms with van der Waals surface area (Å²) in [6.45, 7) is 9.40. The Morgan fingerprint density at radius 3 is 2.10 bits per heavy atom. The minimum atomic E-state index is -4.26. The second-order valence-electron chi connectivity index (χ2n) is 10.5. The van der Waals surface area contributed by atoms with Gasteiger partial charge in [0.1, 0.15) is 5.82 Å². The summed E-state index contributed by atoms with van der Waals surface area (Å²) in [6.07, 6.45) is 7.97. The lowest BCUT2D eigenvalue weighted by molar-refractivity contribution is -0.680. The fraction of sp³-hybridized carbons (Fsp3) is 0.500. The molecule has 0 N–H and O–H groups in total. The van der Waals surface area contributed by atoms with Crippen LogP contribution in [0.3, 0.4) is 0 Å². The highest BCUT2D eigenvalue weighted by molar-refractivity contribution is 7.85. The maximum atomic E-state index is 11.2. The third-order valence-corrected chi connectivity index (χ3v) is 9.95. The molecule has 3 aromatic rings. The first-order valence-corrected chi connectivity index (χ1v) is 17.7. The fourth-order valence-corrected chi connectivity index (χ4v) is 6.98. The van der Waals surface area contributed by atoms with Crippen LogP contribution in [0.1, 0.15) is 65.1 Å². The van der Waals surface area contributed by atoms with Crippen LogP contribution in [0, 0.1) is 0 Å². The lowest BCUT2D eigenvalue weighted by Crippen LogP contribution is -2.38. The largest absolute Gasteiger partial charge is 0.748 e. The van der Waals surface area contributed by atoms with Crippen molar-refractivity contribution in [3.63, 3.8) is 0 Å². The number of fused-ring (bicyclic) bond motifs is 2. The SMILES string of the molecule is CCCCC[n+]1c(CCC=C2N(CC)c3cc(Cl)c(Cl)cc3N2CCCCS(=O)(=O)[O-])n(CC)c2cc(Cl)c(Cl)cc21. The normalized spacial score (nSPS) is 14.5. The van der Waals surface area contributed by atoms with Crippen molar-refractivity contribution in [2.24, 2.45) is 0 Å². The monoisotopic (exact) mass is 674 g/mol. The van der Waals surface area contributed by atoms with Crippen LogP contribution in [0.2, 0.25) is 20.1 Å². The predicted octanol–water partition coefficient (Wildman–Crippen LogP) is 8.20. The third-order valence-electron chi connectivity index (χ3n) is 7.71. The molecule has 0 fully saturated rings. The van der Waals surface area contributed by atoms with Gasteiger partial charge in [0.2, 0.25) is 0 Å². The van der Waals surface area contributed by atoms with E-state index >= 15 is 0 Å². The second kappa shape index (κ2) is 14.4. The molecule has 4 rings (SSSR count). The summed E-state index contributed by atoms with van der Waals surface area (Å²) in [7, 11) is -4.26. The van der Waals surface area contributed by atoms with Gasteiger partial charge < -0.3 is 14.4 Å². The molecule has 1 aromatic heterocycles. The molecule has 0 saturated heterocycles. The summed E-state index contributed by atoms with van der Waals surface area (Å²) in [5, 5.41) is 2.03. The number of unbranched alkanes of at least 4 members (excludes halogenated alkanes) is 3. The van der Waals surface area contributed by atoms with Crippen molar-refractivity contribution < 1.29 is 17.5 Å². The molecule has 1 aliphatic rings. The van der Waals surface area contributed by atoms with Gasteiger partial charge in [0.05, 0.1) is 61.1 Å². The van der Waals surface area contributed by atoms with Crippen molar-refractivity contribution in [3.8, 4) is 0 Å². The van der Waals surface area contributed by atoms with Gasteiger partial charge in [-0.3, -0.25) is 0 Å². The average Bonchev–Trinajstić information content (AvgIpc) is 3.37. The van der Waals surface area contributed by atoms with Crippen LogP contribution in [0.5, 0.6) is 0 Å². The summed E-state index contributed by atoms with van der Waals surface area (Å²) in [4.78, 5) is 4.36. The van der Waals surface area contributed by atoms with Crippen LogP contribution in [0.15, 0.2) is 36.2 Å². The highest BCUT2D eigenvalue weighted by Crippen LogP contribution is 2.45. The summed E-state index contributed by atoms with van der Waals surface area (Å²) < 4.78 is 38.2. The van der Waals surface area contributed by atoms with E-state index in [1.54, 1.807) is 0 Å². The summed E-state index contributed by atoms with van der Waals surface area (Å²) in [5.41, 5.74) is 4.04. The lowest BCUT2D eigenvalue weighted by Gasteiger charge is -2.25. The van der Waals surface area contributed by atoms with Gasteiger partial charge in [-0.1, -0.05) is 59.7 Å². The van der Waals surface area contributed by atoms with Gasteiger partial charge in [-0.15, -0.1) is 0 Å². The van der Waals surface area contributed by atoms with Crippen molar-refractivity contribution in [2.75, 3.05) is 28.6 Å². The molecule has 0 atom stereocenters. The van der Waals surface area contributed by atoms with E-state index in [1.165, 1.54) is 5.82 Å². The topological polar surface area (TPSA) is 72.5 Å². The zero-order valence-corrected chi connectivity index (χ0v) is 28.1. The number of halogens is 4. The van der Waals surface area contributed by atoms with E-state index in [9.17, 15) is 13.0 Å². The first kappa shape index (κ1) is 33.2. The number of benzene rings is 2. The molecule has 12 heteroatoms. The van der Waals surface area contributed by atoms with Crippen LogP contribution in [0.4, 0.5) is 11.4 Å². The third kappa shape index (κ3) is 7.33. The van der Waals surface area contributed by atoms with E-state index in [-0.39, 0.29) is 12.2 Å². The molecular formula is C30H38Cl4N4O3S. The number of hydrogen-bond donors (Lipinski definition) is 0. The van der Waals surface area contributed by atoms with Crippen LogP contribution in [0.25, 0.3) is 11.0 Å². The van der Waals surface area contributed by atoms with Crippen LogP contribution in [-0.4, -0.2) is 36.4 Å². The number of aromatic nitrogens is 2. The van der Waals surface area contributed by atoms with Crippen molar-refractivity contribution in [1.82, 2.24) is 4.57 Å². The number of imidazole rings is 1. The van der Waals surface area contributed by atoms with E-state index in [0.29, 0.717) is 39.6 Å². The molecule has 230 valence electrons. The van der Waals surface area contributed by atoms with Gasteiger partial charge in [0.15, 0.2) is 11.0 Å². The number of anilines is 2. The Morgan fingerprint density at radius 2 is 1.48 bits per heavy atom. The zero-order chi connectivity index (χ0) is 30.6. The van der Waals surface area contributed by atoms with E-state index in [2.05, 4.69) is 45.8 Å². The molecule has 0 bridgehead atoms. The van der Waals surface area contributed by atoms with Gasteiger partial charge in [-0.2, -0.15) is 0 Å². The quantitative estimate of drug-likeness (QED) is 0.0979. The molecule has 0 spiro atoms. The first-order valence-electron chi connectivity index (χ1n) is 14.6. The minimum Gasteiger partial charge on any atom is -0.748 e. The Hall–Kier alpha value is -1.68. The number of nitrogens with zero attached hydrogens (tertiary/aromatic N) is 4. The zero-order valence-electron chi connectivity index (χ0n) is 24.3. The molecular weight excluding hydrogens is 638 g/mol. The van der Waals surface area contributed by atoms with Crippen molar-refractivity contribution in [2.45, 2.75) is 78.8 Å². The molecule has 0 unspecified atom stereocenters.